The number of aryl methyl sites for hydroxylation is 2. The average molecular weight is 248 g/mol. The van der Waals surface area contributed by atoms with Gasteiger partial charge in [-0.05, 0) is 48.9 Å². The zero-order chi connectivity index (χ0) is 13.0. The molecule has 1 aromatic rings. The highest BCUT2D eigenvalue weighted by Gasteiger charge is 2.11. The summed E-state index contributed by atoms with van der Waals surface area (Å²) in [6, 6.07) is 5.86. The van der Waals surface area contributed by atoms with Crippen LogP contribution < -0.4 is 11.1 Å². The second-order valence-corrected chi connectivity index (χ2v) is 4.86. The van der Waals surface area contributed by atoms with Crippen LogP contribution in [0.25, 0.3) is 0 Å². The van der Waals surface area contributed by atoms with Crippen LogP contribution in [0.4, 0.5) is 0 Å². The van der Waals surface area contributed by atoms with Crippen molar-refractivity contribution in [2.45, 2.75) is 31.7 Å². The molecule has 0 bridgehead atoms. The molecule has 4 N–H and O–H groups in total. The SMILES string of the molecule is NC(CNCCc1ccc2c(c1)CCC2)C(=O)O. The summed E-state index contributed by atoms with van der Waals surface area (Å²) >= 11 is 0. The van der Waals surface area contributed by atoms with E-state index in [2.05, 4.69) is 23.5 Å². The lowest BCUT2D eigenvalue weighted by Crippen LogP contribution is -2.40. The van der Waals surface area contributed by atoms with Crippen LogP contribution in [0.15, 0.2) is 18.2 Å². The number of carboxylic acids is 1. The highest BCUT2D eigenvalue weighted by atomic mass is 16.4. The van der Waals surface area contributed by atoms with Crippen molar-refractivity contribution >= 4 is 5.97 Å². The van der Waals surface area contributed by atoms with E-state index < -0.39 is 12.0 Å². The molecule has 4 heteroatoms. The molecule has 1 atom stereocenters. The second kappa shape index (κ2) is 5.98. The quantitative estimate of drug-likeness (QED) is 0.648. The van der Waals surface area contributed by atoms with Crippen LogP contribution in [0, 0.1) is 0 Å². The molecular formula is C14H20N2O2. The summed E-state index contributed by atoms with van der Waals surface area (Å²) < 4.78 is 0. The Morgan fingerprint density at radius 3 is 2.94 bits per heavy atom. The Morgan fingerprint density at radius 2 is 2.17 bits per heavy atom. The third-order valence-electron chi connectivity index (χ3n) is 3.43. The van der Waals surface area contributed by atoms with Crippen LogP contribution in [0.2, 0.25) is 0 Å². The molecule has 4 nitrogen and oxygen atoms in total. The van der Waals surface area contributed by atoms with E-state index in [1.165, 1.54) is 36.0 Å². The van der Waals surface area contributed by atoms with E-state index in [0.29, 0.717) is 6.54 Å². The lowest BCUT2D eigenvalue weighted by Gasteiger charge is -2.09. The van der Waals surface area contributed by atoms with E-state index in [4.69, 9.17) is 10.8 Å². The molecule has 0 radical (unpaired) electrons. The molecule has 98 valence electrons. The molecule has 0 saturated carbocycles. The first-order valence-electron chi connectivity index (χ1n) is 6.46. The van der Waals surface area contributed by atoms with Gasteiger partial charge in [-0.1, -0.05) is 18.2 Å². The summed E-state index contributed by atoms with van der Waals surface area (Å²) in [5.74, 6) is -0.958. The Balaban J connectivity index is 1.75. The van der Waals surface area contributed by atoms with E-state index in [1.54, 1.807) is 0 Å². The lowest BCUT2D eigenvalue weighted by atomic mass is 10.0. The Labute approximate surface area is 107 Å². The number of fused-ring (bicyclic) bond motifs is 1. The van der Waals surface area contributed by atoms with Crippen molar-refractivity contribution in [1.82, 2.24) is 5.32 Å². The van der Waals surface area contributed by atoms with Gasteiger partial charge in [0.05, 0.1) is 0 Å². The van der Waals surface area contributed by atoms with E-state index in [1.807, 2.05) is 0 Å². The third-order valence-corrected chi connectivity index (χ3v) is 3.43. The van der Waals surface area contributed by atoms with Gasteiger partial charge in [-0.3, -0.25) is 4.79 Å². The van der Waals surface area contributed by atoms with E-state index in [9.17, 15) is 4.79 Å². The fourth-order valence-electron chi connectivity index (χ4n) is 2.36. The predicted octanol–water partition coefficient (Wildman–Crippen LogP) is 0.719. The summed E-state index contributed by atoms with van der Waals surface area (Å²) in [5, 5.41) is 11.7. The van der Waals surface area contributed by atoms with Gasteiger partial charge in [0.1, 0.15) is 6.04 Å². The fourth-order valence-corrected chi connectivity index (χ4v) is 2.36. The van der Waals surface area contributed by atoms with Crippen LogP contribution in [0.5, 0.6) is 0 Å². The molecule has 0 spiro atoms. The van der Waals surface area contributed by atoms with E-state index >= 15 is 0 Å². The zero-order valence-electron chi connectivity index (χ0n) is 10.5. The number of hydrogen-bond donors (Lipinski definition) is 3. The summed E-state index contributed by atoms with van der Waals surface area (Å²) in [4.78, 5) is 10.5. The predicted molar refractivity (Wildman–Crippen MR) is 70.7 cm³/mol. The lowest BCUT2D eigenvalue weighted by molar-refractivity contribution is -0.138. The number of benzene rings is 1. The maximum absolute atomic E-state index is 10.5. The van der Waals surface area contributed by atoms with Crippen LogP contribution in [-0.2, 0) is 24.1 Å². The fraction of sp³-hybridized carbons (Fsp3) is 0.500. The first-order valence-corrected chi connectivity index (χ1v) is 6.46. The summed E-state index contributed by atoms with van der Waals surface area (Å²) in [6.07, 6.45) is 4.59. The number of carbonyl (C=O) groups is 1. The molecule has 2 rings (SSSR count). The highest BCUT2D eigenvalue weighted by Crippen LogP contribution is 2.22. The first kappa shape index (κ1) is 13.1. The van der Waals surface area contributed by atoms with Crippen molar-refractivity contribution in [3.63, 3.8) is 0 Å². The minimum atomic E-state index is -0.958. The Bertz CT molecular complexity index is 432. The molecule has 1 aliphatic rings. The number of carboxylic acid groups (broad SMARTS) is 1. The molecule has 0 saturated heterocycles. The molecule has 1 aliphatic carbocycles. The molecule has 1 unspecified atom stereocenters. The Hall–Kier alpha value is -1.39. The smallest absolute Gasteiger partial charge is 0.321 e. The average Bonchev–Trinajstić information content (AvgIpc) is 2.81. The minimum Gasteiger partial charge on any atom is -0.480 e. The first-order chi connectivity index (χ1) is 8.66. The van der Waals surface area contributed by atoms with Crippen molar-refractivity contribution in [2.24, 2.45) is 5.73 Å². The summed E-state index contributed by atoms with van der Waals surface area (Å²) in [5.41, 5.74) is 9.69. The van der Waals surface area contributed by atoms with Gasteiger partial charge in [0.25, 0.3) is 0 Å². The molecule has 1 aromatic carbocycles. The third kappa shape index (κ3) is 3.31. The number of aliphatic carboxylic acids is 1. The normalized spacial score (nSPS) is 15.4. The van der Waals surface area contributed by atoms with Gasteiger partial charge >= 0.3 is 5.97 Å². The second-order valence-electron chi connectivity index (χ2n) is 4.86. The van der Waals surface area contributed by atoms with Crippen molar-refractivity contribution in [3.05, 3.63) is 34.9 Å². The number of nitrogens with two attached hydrogens (primary N) is 1. The largest absolute Gasteiger partial charge is 0.480 e. The van der Waals surface area contributed by atoms with Crippen molar-refractivity contribution < 1.29 is 9.90 Å². The number of hydrogen-bond acceptors (Lipinski definition) is 3. The molecule has 0 amide bonds. The van der Waals surface area contributed by atoms with Gasteiger partial charge in [0.2, 0.25) is 0 Å². The van der Waals surface area contributed by atoms with Crippen LogP contribution in [-0.4, -0.2) is 30.2 Å². The maximum Gasteiger partial charge on any atom is 0.321 e. The summed E-state index contributed by atoms with van der Waals surface area (Å²) in [6.45, 7) is 1.08. The van der Waals surface area contributed by atoms with Gasteiger partial charge in [0.15, 0.2) is 0 Å². The van der Waals surface area contributed by atoms with E-state index in [0.717, 1.165) is 13.0 Å². The molecule has 0 aliphatic heterocycles. The monoisotopic (exact) mass is 248 g/mol. The van der Waals surface area contributed by atoms with Gasteiger partial charge in [-0.15, -0.1) is 0 Å². The number of rotatable bonds is 6. The van der Waals surface area contributed by atoms with Gasteiger partial charge < -0.3 is 16.2 Å². The van der Waals surface area contributed by atoms with Crippen LogP contribution in [0.1, 0.15) is 23.1 Å². The van der Waals surface area contributed by atoms with Crippen molar-refractivity contribution in [3.8, 4) is 0 Å². The zero-order valence-corrected chi connectivity index (χ0v) is 10.5. The molecular weight excluding hydrogens is 228 g/mol. The minimum absolute atomic E-state index is 0.320. The van der Waals surface area contributed by atoms with Gasteiger partial charge in [-0.25, -0.2) is 0 Å². The standard InChI is InChI=1S/C14H20N2O2/c15-13(14(17)18)9-16-7-6-10-4-5-11-2-1-3-12(11)8-10/h4-5,8,13,16H,1-3,6-7,9,15H2,(H,17,18). The van der Waals surface area contributed by atoms with E-state index in [-0.39, 0.29) is 0 Å². The topological polar surface area (TPSA) is 75.3 Å². The Morgan fingerprint density at radius 1 is 1.39 bits per heavy atom. The van der Waals surface area contributed by atoms with Crippen LogP contribution in [0.3, 0.4) is 0 Å². The molecule has 18 heavy (non-hydrogen) atoms. The van der Waals surface area contributed by atoms with Crippen molar-refractivity contribution in [2.75, 3.05) is 13.1 Å². The van der Waals surface area contributed by atoms with Gasteiger partial charge in [-0.2, -0.15) is 0 Å². The maximum atomic E-state index is 10.5. The Kier molecular flexibility index (Phi) is 4.33. The van der Waals surface area contributed by atoms with Gasteiger partial charge in [0, 0.05) is 6.54 Å². The van der Waals surface area contributed by atoms with Crippen LogP contribution >= 0.6 is 0 Å². The highest BCUT2D eigenvalue weighted by molar-refractivity contribution is 5.73. The molecule has 0 fully saturated rings. The molecule has 0 heterocycles. The molecule has 0 aromatic heterocycles. The summed E-state index contributed by atoms with van der Waals surface area (Å²) in [7, 11) is 0. The van der Waals surface area contributed by atoms with Crippen molar-refractivity contribution in [1.29, 1.82) is 0 Å². The number of nitrogens with one attached hydrogen (secondary N) is 1.